The molecule has 1 fully saturated rings. The fourth-order valence-corrected chi connectivity index (χ4v) is 5.78. The number of para-hydroxylation sites is 2. The van der Waals surface area contributed by atoms with Gasteiger partial charge in [-0.25, -0.2) is 9.97 Å². The van der Waals surface area contributed by atoms with Crippen LogP contribution in [0.3, 0.4) is 0 Å². The number of halogens is 3. The number of rotatable bonds is 8. The van der Waals surface area contributed by atoms with Crippen molar-refractivity contribution in [3.05, 3.63) is 95.9 Å². The molecule has 2 heterocycles. The number of nitrogens with zero attached hydrogens (tertiary/aromatic N) is 3. The van der Waals surface area contributed by atoms with Crippen molar-refractivity contribution >= 4 is 27.9 Å². The summed E-state index contributed by atoms with van der Waals surface area (Å²) >= 11 is 0. The molecule has 2 atom stereocenters. The summed E-state index contributed by atoms with van der Waals surface area (Å²) in [6.45, 7) is 0.262. The Kier molecular flexibility index (Phi) is 7.45. The van der Waals surface area contributed by atoms with E-state index in [0.717, 1.165) is 29.4 Å². The van der Waals surface area contributed by atoms with Crippen LogP contribution in [0.4, 0.5) is 13.2 Å². The highest BCUT2D eigenvalue weighted by Crippen LogP contribution is 2.40. The van der Waals surface area contributed by atoms with Crippen molar-refractivity contribution in [2.45, 2.75) is 51.1 Å². The van der Waals surface area contributed by atoms with Crippen molar-refractivity contribution in [2.75, 3.05) is 0 Å². The van der Waals surface area contributed by atoms with Gasteiger partial charge in [-0.05, 0) is 43.2 Å². The van der Waals surface area contributed by atoms with E-state index < -0.39 is 18.2 Å². The highest BCUT2D eigenvalue weighted by molar-refractivity contribution is 5.79. The largest absolute Gasteiger partial charge is 0.573 e. The minimum absolute atomic E-state index is 0.0299. The third-order valence-corrected chi connectivity index (χ3v) is 7.73. The Balaban J connectivity index is 1.36. The molecular weight excluding hydrogens is 547 g/mol. The number of ether oxygens (including phenoxy) is 2. The van der Waals surface area contributed by atoms with Gasteiger partial charge in [0.1, 0.15) is 23.9 Å². The zero-order valence-corrected chi connectivity index (χ0v) is 22.6. The van der Waals surface area contributed by atoms with Gasteiger partial charge in [0.05, 0.1) is 34.7 Å². The Morgan fingerprint density at radius 1 is 0.929 bits per heavy atom. The summed E-state index contributed by atoms with van der Waals surface area (Å²) in [6.07, 6.45) is -2.06. The van der Waals surface area contributed by atoms with Crippen LogP contribution < -0.4 is 9.47 Å². The highest BCUT2D eigenvalue weighted by Gasteiger charge is 2.36. The molecule has 1 aliphatic carbocycles. The molecule has 0 bridgehead atoms. The summed E-state index contributed by atoms with van der Waals surface area (Å²) in [5, 5.41) is 11.0. The van der Waals surface area contributed by atoms with Crippen molar-refractivity contribution in [2.24, 2.45) is 5.92 Å². The molecule has 2 aromatic heterocycles. The predicted octanol–water partition coefficient (Wildman–Crippen LogP) is 7.47. The molecule has 0 spiro atoms. The number of pyridine rings is 1. The maximum absolute atomic E-state index is 13.2. The lowest BCUT2D eigenvalue weighted by Gasteiger charge is -2.28. The molecule has 42 heavy (non-hydrogen) atoms. The van der Waals surface area contributed by atoms with Crippen LogP contribution in [-0.4, -0.2) is 32.0 Å². The molecule has 216 valence electrons. The van der Waals surface area contributed by atoms with Gasteiger partial charge in [-0.1, -0.05) is 55.3 Å². The standard InChI is InChI=1S/C32H28F3N3O4/c33-32(34,35)42-29-12-6-2-8-21(29)18-38-28-16-15-23(41-19-22-14-13-20-7-1-5-11-26(20)36-22)17-27(28)37-30(38)24-9-3-4-10-25(24)31(39)40/h1-2,5-8,11-17,24-25H,3-4,9-10,18-19H2,(H,39,40)/t24-,25+/m1/s1. The Hall–Kier alpha value is -4.60. The molecule has 0 amide bonds. The van der Waals surface area contributed by atoms with Gasteiger partial charge in [0.25, 0.3) is 0 Å². The summed E-state index contributed by atoms with van der Waals surface area (Å²) in [7, 11) is 0. The molecule has 10 heteroatoms. The summed E-state index contributed by atoms with van der Waals surface area (Å²) < 4.78 is 51.6. The monoisotopic (exact) mass is 575 g/mol. The van der Waals surface area contributed by atoms with Crippen LogP contribution >= 0.6 is 0 Å². The van der Waals surface area contributed by atoms with E-state index in [1.807, 2.05) is 41.0 Å². The second-order valence-corrected chi connectivity index (χ2v) is 10.5. The van der Waals surface area contributed by atoms with Crippen LogP contribution in [0.5, 0.6) is 11.5 Å². The average Bonchev–Trinajstić information content (AvgIpc) is 3.33. The second kappa shape index (κ2) is 11.3. The number of carboxylic acids is 1. The van der Waals surface area contributed by atoms with Gasteiger partial charge in [-0.3, -0.25) is 4.79 Å². The van der Waals surface area contributed by atoms with Gasteiger partial charge >= 0.3 is 12.3 Å². The van der Waals surface area contributed by atoms with E-state index in [-0.39, 0.29) is 24.8 Å². The van der Waals surface area contributed by atoms with Gasteiger partial charge in [0, 0.05) is 22.9 Å². The van der Waals surface area contributed by atoms with E-state index in [0.29, 0.717) is 41.0 Å². The van der Waals surface area contributed by atoms with Crippen LogP contribution in [0.25, 0.3) is 21.9 Å². The molecule has 0 saturated heterocycles. The van der Waals surface area contributed by atoms with E-state index in [1.54, 1.807) is 30.3 Å². The molecule has 7 nitrogen and oxygen atoms in total. The lowest BCUT2D eigenvalue weighted by molar-refractivity contribution is -0.274. The van der Waals surface area contributed by atoms with Gasteiger partial charge in [0.15, 0.2) is 0 Å². The molecule has 1 N–H and O–H groups in total. The lowest BCUT2D eigenvalue weighted by atomic mass is 9.78. The van der Waals surface area contributed by atoms with Crippen LogP contribution in [0, 0.1) is 5.92 Å². The maximum Gasteiger partial charge on any atom is 0.573 e. The molecule has 3 aromatic carbocycles. The number of alkyl halides is 3. The van der Waals surface area contributed by atoms with Crippen molar-refractivity contribution in [1.29, 1.82) is 0 Å². The number of carboxylic acid groups (broad SMARTS) is 1. The first kappa shape index (κ1) is 27.6. The number of benzene rings is 3. The molecule has 0 aliphatic heterocycles. The van der Waals surface area contributed by atoms with Crippen LogP contribution in [0.15, 0.2) is 78.9 Å². The molecule has 1 aliphatic rings. The summed E-state index contributed by atoms with van der Waals surface area (Å²) in [5.41, 5.74) is 3.16. The number of aromatic nitrogens is 3. The number of carbonyl (C=O) groups is 1. The number of fused-ring (bicyclic) bond motifs is 2. The number of hydrogen-bond acceptors (Lipinski definition) is 5. The first-order valence-corrected chi connectivity index (χ1v) is 13.8. The lowest BCUT2D eigenvalue weighted by Crippen LogP contribution is -2.28. The first-order chi connectivity index (χ1) is 20.2. The summed E-state index contributed by atoms with van der Waals surface area (Å²) in [6, 6.07) is 23.0. The number of hydrogen-bond donors (Lipinski definition) is 1. The quantitative estimate of drug-likeness (QED) is 0.207. The summed E-state index contributed by atoms with van der Waals surface area (Å²) in [5.74, 6) is -1.14. The van der Waals surface area contributed by atoms with E-state index in [1.165, 1.54) is 12.1 Å². The fourth-order valence-electron chi connectivity index (χ4n) is 5.78. The third kappa shape index (κ3) is 5.88. The molecular formula is C32H28F3N3O4. The van der Waals surface area contributed by atoms with Crippen molar-refractivity contribution < 1.29 is 32.5 Å². The van der Waals surface area contributed by atoms with Gasteiger partial charge in [-0.15, -0.1) is 13.2 Å². The maximum atomic E-state index is 13.2. The zero-order valence-electron chi connectivity index (χ0n) is 22.6. The van der Waals surface area contributed by atoms with E-state index in [2.05, 4.69) is 9.72 Å². The second-order valence-electron chi connectivity index (χ2n) is 10.5. The zero-order chi connectivity index (χ0) is 29.3. The molecule has 6 rings (SSSR count). The number of imidazole rings is 1. The Morgan fingerprint density at radius 3 is 2.55 bits per heavy atom. The van der Waals surface area contributed by atoms with E-state index in [9.17, 15) is 23.1 Å². The first-order valence-electron chi connectivity index (χ1n) is 13.8. The Labute approximate surface area is 239 Å². The van der Waals surface area contributed by atoms with Crippen molar-refractivity contribution in [1.82, 2.24) is 14.5 Å². The fraction of sp³-hybridized carbons (Fsp3) is 0.281. The normalized spacial score (nSPS) is 17.4. The van der Waals surface area contributed by atoms with Crippen molar-refractivity contribution in [3.8, 4) is 11.5 Å². The van der Waals surface area contributed by atoms with Crippen molar-refractivity contribution in [3.63, 3.8) is 0 Å². The van der Waals surface area contributed by atoms with E-state index in [4.69, 9.17) is 9.72 Å². The van der Waals surface area contributed by atoms with Crippen LogP contribution in [0.2, 0.25) is 0 Å². The van der Waals surface area contributed by atoms with Crippen LogP contribution in [0.1, 0.15) is 48.7 Å². The molecule has 0 radical (unpaired) electrons. The predicted molar refractivity (Wildman–Crippen MR) is 150 cm³/mol. The summed E-state index contributed by atoms with van der Waals surface area (Å²) in [4.78, 5) is 21.7. The Morgan fingerprint density at radius 2 is 1.71 bits per heavy atom. The van der Waals surface area contributed by atoms with Gasteiger partial charge in [-0.2, -0.15) is 0 Å². The van der Waals surface area contributed by atoms with Gasteiger partial charge in [0.2, 0.25) is 0 Å². The Bertz CT molecular complexity index is 1750. The molecule has 5 aromatic rings. The molecule has 1 saturated carbocycles. The third-order valence-electron chi connectivity index (χ3n) is 7.73. The minimum atomic E-state index is -4.85. The molecule has 0 unspecified atom stereocenters. The topological polar surface area (TPSA) is 86.5 Å². The smallest absolute Gasteiger partial charge is 0.487 e. The minimum Gasteiger partial charge on any atom is -0.487 e. The van der Waals surface area contributed by atoms with Gasteiger partial charge < -0.3 is 19.1 Å². The number of aliphatic carboxylic acids is 1. The van der Waals surface area contributed by atoms with Crippen LogP contribution in [-0.2, 0) is 17.9 Å². The highest BCUT2D eigenvalue weighted by atomic mass is 19.4. The average molecular weight is 576 g/mol. The van der Waals surface area contributed by atoms with E-state index >= 15 is 0 Å². The SMILES string of the molecule is O=C(O)[C@H]1CCCC[C@H]1c1nc2cc(OCc3ccc4ccccc4n3)ccc2n1Cc1ccccc1OC(F)(F)F.